The lowest BCUT2D eigenvalue weighted by molar-refractivity contribution is -0.123. The van der Waals surface area contributed by atoms with Crippen LogP contribution < -0.4 is 5.32 Å². The largest absolute Gasteiger partial charge is 0.449 e. The van der Waals surface area contributed by atoms with E-state index in [2.05, 4.69) is 5.32 Å². The average molecular weight is 396 g/mol. The average Bonchev–Trinajstić information content (AvgIpc) is 2.55. The number of hydrogen-bond donors (Lipinski definition) is 1. The molecule has 0 heterocycles. The number of hydrogen-bond acceptors (Lipinski definition) is 5. The van der Waals surface area contributed by atoms with E-state index < -0.39 is 27.8 Å². The second-order valence-corrected chi connectivity index (χ2v) is 8.33. The first-order chi connectivity index (χ1) is 12.2. The summed E-state index contributed by atoms with van der Waals surface area (Å²) in [5.74, 6) is -1.43. The van der Waals surface area contributed by atoms with Crippen LogP contribution in [0.25, 0.3) is 0 Å². The summed E-state index contributed by atoms with van der Waals surface area (Å²) >= 11 is 5.97. The molecule has 0 radical (unpaired) electrons. The third kappa shape index (κ3) is 5.86. The van der Waals surface area contributed by atoms with Crippen LogP contribution in [-0.2, 0) is 25.1 Å². The Morgan fingerprint density at radius 2 is 1.85 bits per heavy atom. The molecule has 0 saturated heterocycles. The molecular formula is C18H18ClNO5S. The van der Waals surface area contributed by atoms with Crippen LogP contribution in [0.2, 0.25) is 5.02 Å². The van der Waals surface area contributed by atoms with Gasteiger partial charge in [0.05, 0.1) is 22.0 Å². The van der Waals surface area contributed by atoms with E-state index in [9.17, 15) is 18.0 Å². The van der Waals surface area contributed by atoms with Crippen molar-refractivity contribution in [2.24, 2.45) is 0 Å². The Morgan fingerprint density at radius 1 is 1.15 bits per heavy atom. The van der Waals surface area contributed by atoms with Gasteiger partial charge in [-0.25, -0.2) is 13.2 Å². The van der Waals surface area contributed by atoms with Crippen LogP contribution in [0.5, 0.6) is 0 Å². The molecule has 1 unspecified atom stereocenters. The van der Waals surface area contributed by atoms with Crippen LogP contribution in [0.3, 0.4) is 0 Å². The zero-order valence-corrected chi connectivity index (χ0v) is 15.8. The smallest absolute Gasteiger partial charge is 0.338 e. The molecule has 0 aliphatic heterocycles. The lowest BCUT2D eigenvalue weighted by atomic mass is 10.1. The molecular weight excluding hydrogens is 378 g/mol. The monoisotopic (exact) mass is 395 g/mol. The summed E-state index contributed by atoms with van der Waals surface area (Å²) in [5.41, 5.74) is 1.05. The van der Waals surface area contributed by atoms with Crippen LogP contribution in [-0.4, -0.2) is 32.7 Å². The van der Waals surface area contributed by atoms with Crippen LogP contribution in [0, 0.1) is 0 Å². The lowest BCUT2D eigenvalue weighted by Gasteiger charge is -2.14. The Bertz CT molecular complexity index is 927. The molecule has 2 aromatic rings. The van der Waals surface area contributed by atoms with Crippen molar-refractivity contribution in [2.45, 2.75) is 18.8 Å². The van der Waals surface area contributed by atoms with E-state index in [0.717, 1.165) is 6.26 Å². The van der Waals surface area contributed by atoms with Gasteiger partial charge in [-0.05, 0) is 36.8 Å². The number of sulfone groups is 1. The quantitative estimate of drug-likeness (QED) is 0.759. The fraction of sp³-hybridized carbons (Fsp3) is 0.222. The summed E-state index contributed by atoms with van der Waals surface area (Å²) < 4.78 is 27.9. The van der Waals surface area contributed by atoms with Gasteiger partial charge in [0.2, 0.25) is 0 Å². The number of ether oxygens (including phenoxy) is 1. The predicted octanol–water partition coefficient (Wildman–Crippen LogP) is 3.07. The van der Waals surface area contributed by atoms with Gasteiger partial charge in [0.1, 0.15) is 0 Å². The fourth-order valence-electron chi connectivity index (χ4n) is 2.17. The summed E-state index contributed by atoms with van der Waals surface area (Å²) in [6, 6.07) is 12.8. The Kier molecular flexibility index (Phi) is 6.39. The highest BCUT2D eigenvalue weighted by atomic mass is 35.5. The van der Waals surface area contributed by atoms with Crippen molar-refractivity contribution < 1.29 is 22.7 Å². The van der Waals surface area contributed by atoms with Gasteiger partial charge in [0, 0.05) is 6.26 Å². The molecule has 2 aromatic carbocycles. The first-order valence-electron chi connectivity index (χ1n) is 7.69. The third-order valence-electron chi connectivity index (χ3n) is 3.38. The zero-order valence-electron chi connectivity index (χ0n) is 14.2. The standard InChI is InChI=1S/C18H18ClNO5S/c1-12(17(21)20-16-9-4-3-8-15(16)19)25-18(22)14-7-5-6-13(10-14)11-26(2,23)24/h3-10,12H,11H2,1-2H3,(H,20,21). The second kappa shape index (κ2) is 8.33. The van der Waals surface area contributed by atoms with Gasteiger partial charge in [-0.2, -0.15) is 0 Å². The molecule has 6 nitrogen and oxygen atoms in total. The van der Waals surface area contributed by atoms with Crippen LogP contribution in [0.1, 0.15) is 22.8 Å². The summed E-state index contributed by atoms with van der Waals surface area (Å²) in [6.07, 6.45) is 0.0522. The molecule has 1 amide bonds. The van der Waals surface area contributed by atoms with Crippen LogP contribution in [0.4, 0.5) is 5.69 Å². The maximum atomic E-state index is 12.2. The number of nitrogens with one attached hydrogen (secondary N) is 1. The van der Waals surface area contributed by atoms with Crippen molar-refractivity contribution in [1.82, 2.24) is 0 Å². The van der Waals surface area contributed by atoms with Crippen molar-refractivity contribution in [3.63, 3.8) is 0 Å². The van der Waals surface area contributed by atoms with Crippen molar-refractivity contribution >= 4 is 39.0 Å². The van der Waals surface area contributed by atoms with Gasteiger partial charge in [0.15, 0.2) is 15.9 Å². The Hall–Kier alpha value is -2.38. The van der Waals surface area contributed by atoms with Crippen molar-refractivity contribution in [3.8, 4) is 0 Å². The van der Waals surface area contributed by atoms with Gasteiger partial charge in [-0.15, -0.1) is 0 Å². The summed E-state index contributed by atoms with van der Waals surface area (Å²) in [5, 5.41) is 2.95. The Morgan fingerprint density at radius 3 is 2.50 bits per heavy atom. The van der Waals surface area contributed by atoms with E-state index in [1.165, 1.54) is 19.1 Å². The minimum atomic E-state index is -3.22. The molecule has 0 saturated carbocycles. The molecule has 1 atom stereocenters. The molecule has 0 aliphatic carbocycles. The van der Waals surface area contributed by atoms with Gasteiger partial charge in [-0.1, -0.05) is 35.9 Å². The lowest BCUT2D eigenvalue weighted by Crippen LogP contribution is -2.30. The third-order valence-corrected chi connectivity index (χ3v) is 4.56. The predicted molar refractivity (Wildman–Crippen MR) is 99.9 cm³/mol. The normalized spacial score (nSPS) is 12.3. The number of halogens is 1. The Balaban J connectivity index is 2.03. The number of carbonyl (C=O) groups is 2. The fourth-order valence-corrected chi connectivity index (χ4v) is 3.14. The first-order valence-corrected chi connectivity index (χ1v) is 10.1. The van der Waals surface area contributed by atoms with E-state index >= 15 is 0 Å². The highest BCUT2D eigenvalue weighted by molar-refractivity contribution is 7.89. The summed E-state index contributed by atoms with van der Waals surface area (Å²) in [7, 11) is -3.22. The molecule has 0 bridgehead atoms. The number of rotatable bonds is 6. The summed E-state index contributed by atoms with van der Waals surface area (Å²) in [6.45, 7) is 1.43. The molecule has 2 rings (SSSR count). The van der Waals surface area contributed by atoms with Crippen molar-refractivity contribution in [2.75, 3.05) is 11.6 Å². The summed E-state index contributed by atoms with van der Waals surface area (Å²) in [4.78, 5) is 24.4. The van der Waals surface area contributed by atoms with Crippen LogP contribution >= 0.6 is 11.6 Å². The van der Waals surface area contributed by atoms with E-state index in [1.807, 2.05) is 0 Å². The van der Waals surface area contributed by atoms with Crippen molar-refractivity contribution in [1.29, 1.82) is 0 Å². The number of carbonyl (C=O) groups excluding carboxylic acids is 2. The number of amides is 1. The van der Waals surface area contributed by atoms with Gasteiger partial charge < -0.3 is 10.1 Å². The van der Waals surface area contributed by atoms with E-state index in [4.69, 9.17) is 16.3 Å². The van der Waals surface area contributed by atoms with Gasteiger partial charge in [0.25, 0.3) is 5.91 Å². The minimum Gasteiger partial charge on any atom is -0.449 e. The molecule has 1 N–H and O–H groups in total. The topological polar surface area (TPSA) is 89.5 Å². The van der Waals surface area contributed by atoms with Gasteiger partial charge >= 0.3 is 5.97 Å². The zero-order chi connectivity index (χ0) is 19.3. The highest BCUT2D eigenvalue weighted by Gasteiger charge is 2.20. The maximum Gasteiger partial charge on any atom is 0.338 e. The van der Waals surface area contributed by atoms with Gasteiger partial charge in [-0.3, -0.25) is 4.79 Å². The number of benzene rings is 2. The van der Waals surface area contributed by atoms with Crippen LogP contribution in [0.15, 0.2) is 48.5 Å². The molecule has 0 aromatic heterocycles. The van der Waals surface area contributed by atoms with E-state index in [1.54, 1.807) is 36.4 Å². The molecule has 0 spiro atoms. The second-order valence-electron chi connectivity index (χ2n) is 5.79. The number of para-hydroxylation sites is 1. The van der Waals surface area contributed by atoms with E-state index in [0.29, 0.717) is 16.3 Å². The SMILES string of the molecule is CC(OC(=O)c1cccc(CS(C)(=O)=O)c1)C(=O)Nc1ccccc1Cl. The number of esters is 1. The Labute approximate surface area is 157 Å². The molecule has 0 aliphatic rings. The maximum absolute atomic E-state index is 12.2. The molecule has 8 heteroatoms. The molecule has 0 fully saturated rings. The number of anilines is 1. The molecule has 138 valence electrons. The molecule has 26 heavy (non-hydrogen) atoms. The highest BCUT2D eigenvalue weighted by Crippen LogP contribution is 2.21. The van der Waals surface area contributed by atoms with Crippen molar-refractivity contribution in [3.05, 3.63) is 64.7 Å². The van der Waals surface area contributed by atoms with E-state index in [-0.39, 0.29) is 11.3 Å². The first kappa shape index (κ1) is 19.9. The minimum absolute atomic E-state index is 0.170.